The molecule has 0 aliphatic carbocycles. The minimum atomic E-state index is -0.474. The average molecular weight is 211 g/mol. The van der Waals surface area contributed by atoms with Crippen LogP contribution in [-0.4, -0.2) is 19.1 Å². The van der Waals surface area contributed by atoms with Gasteiger partial charge in [0.25, 0.3) is 5.91 Å². The van der Waals surface area contributed by atoms with Crippen LogP contribution in [-0.2, 0) is 0 Å². The molecule has 82 valence electrons. The van der Waals surface area contributed by atoms with Gasteiger partial charge in [-0.25, -0.2) is 4.39 Å². The topological polar surface area (TPSA) is 38.3 Å². The molecule has 0 saturated heterocycles. The molecule has 1 aromatic rings. The van der Waals surface area contributed by atoms with Gasteiger partial charge in [0.15, 0.2) is 11.6 Å². The van der Waals surface area contributed by atoms with Gasteiger partial charge in [0.1, 0.15) is 0 Å². The van der Waals surface area contributed by atoms with Crippen LogP contribution in [0.1, 0.15) is 24.2 Å². The summed E-state index contributed by atoms with van der Waals surface area (Å²) < 4.78 is 17.8. The van der Waals surface area contributed by atoms with E-state index in [-0.39, 0.29) is 17.7 Å². The third-order valence-corrected chi connectivity index (χ3v) is 1.83. The second-order valence-electron chi connectivity index (χ2n) is 3.48. The zero-order chi connectivity index (χ0) is 11.4. The monoisotopic (exact) mass is 211 g/mol. The summed E-state index contributed by atoms with van der Waals surface area (Å²) in [6.07, 6.45) is 0. The number of methoxy groups -OCH3 is 1. The Morgan fingerprint density at radius 3 is 2.67 bits per heavy atom. The summed E-state index contributed by atoms with van der Waals surface area (Å²) in [5.74, 6) is -0.631. The van der Waals surface area contributed by atoms with Crippen molar-refractivity contribution in [3.8, 4) is 5.75 Å². The van der Waals surface area contributed by atoms with Crippen LogP contribution in [0.4, 0.5) is 4.39 Å². The highest BCUT2D eigenvalue weighted by Crippen LogP contribution is 2.18. The van der Waals surface area contributed by atoms with E-state index in [1.807, 2.05) is 13.8 Å². The molecule has 0 saturated carbocycles. The van der Waals surface area contributed by atoms with Gasteiger partial charge >= 0.3 is 0 Å². The Morgan fingerprint density at radius 1 is 1.47 bits per heavy atom. The van der Waals surface area contributed by atoms with E-state index in [4.69, 9.17) is 4.74 Å². The fraction of sp³-hybridized carbons (Fsp3) is 0.364. The molecule has 0 aliphatic heterocycles. The van der Waals surface area contributed by atoms with Crippen molar-refractivity contribution in [1.82, 2.24) is 5.32 Å². The van der Waals surface area contributed by atoms with E-state index in [0.29, 0.717) is 5.56 Å². The second-order valence-corrected chi connectivity index (χ2v) is 3.48. The minimum Gasteiger partial charge on any atom is -0.494 e. The average Bonchev–Trinajstić information content (AvgIpc) is 2.17. The lowest BCUT2D eigenvalue weighted by molar-refractivity contribution is 0.0942. The fourth-order valence-electron chi connectivity index (χ4n) is 1.15. The predicted molar refractivity (Wildman–Crippen MR) is 55.6 cm³/mol. The van der Waals surface area contributed by atoms with Gasteiger partial charge in [0.05, 0.1) is 7.11 Å². The molecule has 1 aromatic carbocycles. The number of benzene rings is 1. The lowest BCUT2D eigenvalue weighted by Crippen LogP contribution is -2.30. The normalized spacial score (nSPS) is 10.2. The summed E-state index contributed by atoms with van der Waals surface area (Å²) in [6.45, 7) is 3.72. The molecule has 1 amide bonds. The summed E-state index contributed by atoms with van der Waals surface area (Å²) in [5, 5.41) is 2.71. The molecule has 0 bridgehead atoms. The van der Waals surface area contributed by atoms with Crippen LogP contribution in [0.3, 0.4) is 0 Å². The highest BCUT2D eigenvalue weighted by Gasteiger charge is 2.10. The number of carbonyl (C=O) groups excluding carboxylic acids is 1. The molecule has 0 fully saturated rings. The Hall–Kier alpha value is -1.58. The van der Waals surface area contributed by atoms with E-state index >= 15 is 0 Å². The standard InChI is InChI=1S/C11H14FNO2/c1-7(2)13-11(14)8-4-5-9(12)10(6-8)15-3/h4-7H,1-3H3,(H,13,14). The molecule has 0 aliphatic rings. The molecule has 0 heterocycles. The zero-order valence-electron chi connectivity index (χ0n) is 9.00. The van der Waals surface area contributed by atoms with Crippen LogP contribution in [0.2, 0.25) is 0 Å². The summed E-state index contributed by atoms with van der Waals surface area (Å²) >= 11 is 0. The quantitative estimate of drug-likeness (QED) is 0.830. The molecule has 4 heteroatoms. The Bertz CT molecular complexity index is 364. The maximum absolute atomic E-state index is 13.0. The van der Waals surface area contributed by atoms with E-state index in [0.717, 1.165) is 0 Å². The van der Waals surface area contributed by atoms with Crippen molar-refractivity contribution in [2.24, 2.45) is 0 Å². The van der Waals surface area contributed by atoms with Crippen molar-refractivity contribution in [2.75, 3.05) is 7.11 Å². The number of nitrogens with one attached hydrogen (secondary N) is 1. The predicted octanol–water partition coefficient (Wildman–Crippen LogP) is 1.97. The maximum atomic E-state index is 13.0. The smallest absolute Gasteiger partial charge is 0.251 e. The van der Waals surface area contributed by atoms with Gasteiger partial charge in [-0.2, -0.15) is 0 Å². The van der Waals surface area contributed by atoms with Gasteiger partial charge in [-0.3, -0.25) is 4.79 Å². The molecule has 3 nitrogen and oxygen atoms in total. The van der Waals surface area contributed by atoms with Crippen molar-refractivity contribution in [2.45, 2.75) is 19.9 Å². The van der Waals surface area contributed by atoms with Gasteiger partial charge < -0.3 is 10.1 Å². The van der Waals surface area contributed by atoms with Gasteiger partial charge in [0, 0.05) is 11.6 Å². The molecule has 15 heavy (non-hydrogen) atoms. The lowest BCUT2D eigenvalue weighted by atomic mass is 10.2. The van der Waals surface area contributed by atoms with Gasteiger partial charge in [-0.05, 0) is 32.0 Å². The van der Waals surface area contributed by atoms with Crippen molar-refractivity contribution < 1.29 is 13.9 Å². The summed E-state index contributed by atoms with van der Waals surface area (Å²) in [6, 6.07) is 4.07. The first kappa shape index (κ1) is 11.5. The Labute approximate surface area is 88.2 Å². The number of hydrogen-bond donors (Lipinski definition) is 1. The number of hydrogen-bond acceptors (Lipinski definition) is 2. The molecule has 0 spiro atoms. The van der Waals surface area contributed by atoms with Crippen molar-refractivity contribution >= 4 is 5.91 Å². The van der Waals surface area contributed by atoms with E-state index in [1.165, 1.54) is 25.3 Å². The molecular formula is C11H14FNO2. The molecule has 0 unspecified atom stereocenters. The van der Waals surface area contributed by atoms with Crippen molar-refractivity contribution in [1.29, 1.82) is 0 Å². The van der Waals surface area contributed by atoms with Crippen molar-refractivity contribution in [3.05, 3.63) is 29.6 Å². The van der Waals surface area contributed by atoms with Crippen LogP contribution in [0.15, 0.2) is 18.2 Å². The molecule has 0 radical (unpaired) electrons. The van der Waals surface area contributed by atoms with Crippen LogP contribution in [0, 0.1) is 5.82 Å². The van der Waals surface area contributed by atoms with Crippen LogP contribution in [0.5, 0.6) is 5.75 Å². The number of rotatable bonds is 3. The van der Waals surface area contributed by atoms with Crippen molar-refractivity contribution in [3.63, 3.8) is 0 Å². The highest BCUT2D eigenvalue weighted by molar-refractivity contribution is 5.94. The molecular weight excluding hydrogens is 197 g/mol. The zero-order valence-corrected chi connectivity index (χ0v) is 9.00. The van der Waals surface area contributed by atoms with E-state index in [2.05, 4.69) is 5.32 Å². The SMILES string of the molecule is COc1cc(C(=O)NC(C)C)ccc1F. The first-order valence-electron chi connectivity index (χ1n) is 4.69. The Kier molecular flexibility index (Phi) is 3.66. The first-order chi connectivity index (χ1) is 7.04. The van der Waals surface area contributed by atoms with Gasteiger partial charge in [-0.1, -0.05) is 0 Å². The van der Waals surface area contributed by atoms with E-state index < -0.39 is 5.82 Å². The first-order valence-corrected chi connectivity index (χ1v) is 4.69. The third-order valence-electron chi connectivity index (χ3n) is 1.83. The number of halogens is 1. The summed E-state index contributed by atoms with van der Waals surface area (Å²) in [7, 11) is 1.36. The number of ether oxygens (including phenoxy) is 1. The van der Waals surface area contributed by atoms with Gasteiger partial charge in [0.2, 0.25) is 0 Å². The number of amides is 1. The Morgan fingerprint density at radius 2 is 2.13 bits per heavy atom. The van der Waals surface area contributed by atoms with Crippen LogP contribution >= 0.6 is 0 Å². The van der Waals surface area contributed by atoms with Crippen LogP contribution < -0.4 is 10.1 Å². The lowest BCUT2D eigenvalue weighted by Gasteiger charge is -2.09. The van der Waals surface area contributed by atoms with E-state index in [9.17, 15) is 9.18 Å². The molecule has 1 rings (SSSR count). The third kappa shape index (κ3) is 2.94. The van der Waals surface area contributed by atoms with E-state index in [1.54, 1.807) is 0 Å². The maximum Gasteiger partial charge on any atom is 0.251 e. The Balaban J connectivity index is 2.91. The van der Waals surface area contributed by atoms with Crippen LogP contribution in [0.25, 0.3) is 0 Å². The summed E-state index contributed by atoms with van der Waals surface area (Å²) in [4.78, 5) is 11.5. The molecule has 1 N–H and O–H groups in total. The minimum absolute atomic E-state index is 0.0496. The molecule has 0 aromatic heterocycles. The number of carbonyl (C=O) groups is 1. The highest BCUT2D eigenvalue weighted by atomic mass is 19.1. The molecule has 0 atom stereocenters. The summed E-state index contributed by atoms with van der Waals surface area (Å²) in [5.41, 5.74) is 0.391. The van der Waals surface area contributed by atoms with Gasteiger partial charge in [-0.15, -0.1) is 0 Å². The largest absolute Gasteiger partial charge is 0.494 e. The second kappa shape index (κ2) is 4.77. The fourth-order valence-corrected chi connectivity index (χ4v) is 1.15.